The van der Waals surface area contributed by atoms with Crippen LogP contribution in [0.15, 0.2) is 42.5 Å². The van der Waals surface area contributed by atoms with Crippen molar-refractivity contribution in [1.29, 1.82) is 0 Å². The predicted octanol–water partition coefficient (Wildman–Crippen LogP) is 3.67. The molecule has 2 aromatic rings. The topological polar surface area (TPSA) is 108 Å². The number of rotatable bonds is 8. The fourth-order valence-electron chi connectivity index (χ4n) is 2.21. The molecule has 0 saturated carbocycles. The van der Waals surface area contributed by atoms with Crippen molar-refractivity contribution in [2.45, 2.75) is 19.8 Å². The molecule has 1 amide bonds. The molecule has 2 rings (SSSR count). The molecule has 0 radical (unpaired) electrons. The number of nitrogens with two attached hydrogens (primary N) is 1. The first-order valence-electron chi connectivity index (χ1n) is 8.70. The smallest absolute Gasteiger partial charge is 0.340 e. The third-order valence-electron chi connectivity index (χ3n) is 3.70. The number of hydrogen-bond acceptors (Lipinski definition) is 6. The van der Waals surface area contributed by atoms with Gasteiger partial charge in [-0.2, -0.15) is 0 Å². The second kappa shape index (κ2) is 10.3. The van der Waals surface area contributed by atoms with Gasteiger partial charge in [-0.25, -0.2) is 9.59 Å². The van der Waals surface area contributed by atoms with Crippen LogP contribution in [0, 0.1) is 0 Å². The molecular formula is C20H21ClN2O5. The minimum absolute atomic E-state index is 0.128. The van der Waals surface area contributed by atoms with Gasteiger partial charge in [0.15, 0.2) is 6.61 Å². The van der Waals surface area contributed by atoms with E-state index in [9.17, 15) is 14.4 Å². The summed E-state index contributed by atoms with van der Waals surface area (Å²) in [7, 11) is 0. The van der Waals surface area contributed by atoms with Gasteiger partial charge in [0.05, 0.1) is 17.7 Å². The number of halogens is 1. The van der Waals surface area contributed by atoms with Crippen molar-refractivity contribution in [2.24, 2.45) is 0 Å². The third kappa shape index (κ3) is 6.28. The van der Waals surface area contributed by atoms with Crippen molar-refractivity contribution in [2.75, 3.05) is 24.3 Å². The maximum atomic E-state index is 12.0. The van der Waals surface area contributed by atoms with Gasteiger partial charge in [0.2, 0.25) is 0 Å². The molecule has 0 atom stereocenters. The van der Waals surface area contributed by atoms with Crippen LogP contribution >= 0.6 is 11.6 Å². The Kier molecular flexibility index (Phi) is 7.83. The Bertz CT molecular complexity index is 852. The number of amides is 1. The Morgan fingerprint density at radius 2 is 1.75 bits per heavy atom. The minimum Gasteiger partial charge on any atom is -0.462 e. The van der Waals surface area contributed by atoms with Crippen LogP contribution in [0.3, 0.4) is 0 Å². The first-order valence-corrected chi connectivity index (χ1v) is 9.07. The van der Waals surface area contributed by atoms with Crippen LogP contribution in [0.5, 0.6) is 0 Å². The molecule has 7 nitrogen and oxygen atoms in total. The van der Waals surface area contributed by atoms with Crippen LogP contribution in [0.4, 0.5) is 11.4 Å². The second-order valence-corrected chi connectivity index (χ2v) is 6.36. The Balaban J connectivity index is 1.84. The summed E-state index contributed by atoms with van der Waals surface area (Å²) in [4.78, 5) is 35.8. The molecule has 0 aromatic heterocycles. The summed E-state index contributed by atoms with van der Waals surface area (Å²) in [5.74, 6) is -1.67. The first kappa shape index (κ1) is 21.2. The highest BCUT2D eigenvalue weighted by Crippen LogP contribution is 2.19. The largest absolute Gasteiger partial charge is 0.462 e. The fraction of sp³-hybridized carbons (Fsp3) is 0.250. The molecule has 148 valence electrons. The van der Waals surface area contributed by atoms with E-state index in [1.54, 1.807) is 24.3 Å². The van der Waals surface area contributed by atoms with Gasteiger partial charge in [0, 0.05) is 16.4 Å². The maximum Gasteiger partial charge on any atom is 0.340 e. The van der Waals surface area contributed by atoms with Crippen LogP contribution in [-0.2, 0) is 14.3 Å². The van der Waals surface area contributed by atoms with E-state index in [4.69, 9.17) is 26.8 Å². The zero-order valence-electron chi connectivity index (χ0n) is 15.4. The lowest BCUT2D eigenvalue weighted by Gasteiger charge is -2.09. The summed E-state index contributed by atoms with van der Waals surface area (Å²) in [6, 6.07) is 10.6. The monoisotopic (exact) mass is 404 g/mol. The molecule has 0 heterocycles. The van der Waals surface area contributed by atoms with Gasteiger partial charge >= 0.3 is 11.9 Å². The SMILES string of the molecule is CCCCOC(=O)c1ccc(NC(=O)COC(=O)c2ccc(Cl)cc2N)cc1. The van der Waals surface area contributed by atoms with E-state index >= 15 is 0 Å². The number of ether oxygens (including phenoxy) is 2. The highest BCUT2D eigenvalue weighted by molar-refractivity contribution is 6.31. The molecule has 0 aliphatic heterocycles. The summed E-state index contributed by atoms with van der Waals surface area (Å²) in [6.07, 6.45) is 1.74. The number of hydrogen-bond donors (Lipinski definition) is 2. The second-order valence-electron chi connectivity index (χ2n) is 5.92. The van der Waals surface area contributed by atoms with Crippen LogP contribution < -0.4 is 11.1 Å². The molecule has 0 unspecified atom stereocenters. The molecule has 8 heteroatoms. The lowest BCUT2D eigenvalue weighted by atomic mass is 10.2. The van der Waals surface area contributed by atoms with Crippen molar-refractivity contribution >= 4 is 40.8 Å². The summed E-state index contributed by atoms with van der Waals surface area (Å²) in [6.45, 7) is 1.89. The molecule has 0 spiro atoms. The number of benzene rings is 2. The lowest BCUT2D eigenvalue weighted by molar-refractivity contribution is -0.119. The minimum atomic E-state index is -0.727. The quantitative estimate of drug-likeness (QED) is 0.395. The summed E-state index contributed by atoms with van der Waals surface area (Å²) in [5, 5.41) is 2.96. The number of unbranched alkanes of at least 4 members (excludes halogenated alkanes) is 1. The Hall–Kier alpha value is -3.06. The number of anilines is 2. The molecule has 0 aliphatic rings. The molecule has 28 heavy (non-hydrogen) atoms. The van der Waals surface area contributed by atoms with E-state index in [1.807, 2.05) is 6.92 Å². The highest BCUT2D eigenvalue weighted by Gasteiger charge is 2.14. The van der Waals surface area contributed by atoms with Gasteiger partial charge in [-0.3, -0.25) is 4.79 Å². The van der Waals surface area contributed by atoms with Crippen molar-refractivity contribution < 1.29 is 23.9 Å². The van der Waals surface area contributed by atoms with Gasteiger partial charge in [0.1, 0.15) is 0 Å². The number of nitrogen functional groups attached to an aromatic ring is 1. The summed E-state index contributed by atoms with van der Waals surface area (Å²) < 4.78 is 10.1. The van der Waals surface area contributed by atoms with Crippen LogP contribution in [-0.4, -0.2) is 31.1 Å². The maximum absolute atomic E-state index is 12.0. The van der Waals surface area contributed by atoms with E-state index in [0.29, 0.717) is 22.9 Å². The average molecular weight is 405 g/mol. The van der Waals surface area contributed by atoms with E-state index in [2.05, 4.69) is 5.32 Å². The summed E-state index contributed by atoms with van der Waals surface area (Å²) in [5.41, 5.74) is 6.84. The van der Waals surface area contributed by atoms with Gasteiger partial charge in [-0.1, -0.05) is 24.9 Å². The average Bonchev–Trinajstić information content (AvgIpc) is 2.67. The molecule has 0 bridgehead atoms. The van der Waals surface area contributed by atoms with Gasteiger partial charge in [-0.15, -0.1) is 0 Å². The lowest BCUT2D eigenvalue weighted by Crippen LogP contribution is -2.21. The Morgan fingerprint density at radius 3 is 2.39 bits per heavy atom. The molecule has 0 saturated heterocycles. The molecule has 0 fully saturated rings. The normalized spacial score (nSPS) is 10.2. The Labute approximate surface area is 167 Å². The van der Waals surface area contributed by atoms with E-state index in [-0.39, 0.29) is 11.3 Å². The van der Waals surface area contributed by atoms with Crippen molar-refractivity contribution in [1.82, 2.24) is 0 Å². The fourth-order valence-corrected chi connectivity index (χ4v) is 2.39. The number of carbonyl (C=O) groups is 3. The first-order chi connectivity index (χ1) is 13.4. The van der Waals surface area contributed by atoms with Crippen molar-refractivity contribution in [3.63, 3.8) is 0 Å². The zero-order valence-corrected chi connectivity index (χ0v) is 16.1. The summed E-state index contributed by atoms with van der Waals surface area (Å²) >= 11 is 5.78. The van der Waals surface area contributed by atoms with Crippen LogP contribution in [0.2, 0.25) is 5.02 Å². The van der Waals surface area contributed by atoms with Gasteiger partial charge in [0.25, 0.3) is 5.91 Å². The van der Waals surface area contributed by atoms with Gasteiger partial charge in [-0.05, 0) is 48.9 Å². The zero-order chi connectivity index (χ0) is 20.5. The third-order valence-corrected chi connectivity index (χ3v) is 3.94. The van der Waals surface area contributed by atoms with E-state index in [0.717, 1.165) is 12.8 Å². The number of nitrogens with one attached hydrogen (secondary N) is 1. The standard InChI is InChI=1S/C20H21ClN2O5/c1-2-3-10-27-19(25)13-4-7-15(8-5-13)23-18(24)12-28-20(26)16-9-6-14(21)11-17(16)22/h4-9,11H,2-3,10,12,22H2,1H3,(H,23,24). The van der Waals surface area contributed by atoms with E-state index < -0.39 is 24.5 Å². The molecule has 3 N–H and O–H groups in total. The number of esters is 2. The van der Waals surface area contributed by atoms with Gasteiger partial charge < -0.3 is 20.5 Å². The van der Waals surface area contributed by atoms with Crippen LogP contribution in [0.1, 0.15) is 40.5 Å². The van der Waals surface area contributed by atoms with Crippen LogP contribution in [0.25, 0.3) is 0 Å². The van der Waals surface area contributed by atoms with E-state index in [1.165, 1.54) is 18.2 Å². The molecular weight excluding hydrogens is 384 g/mol. The molecule has 0 aliphatic carbocycles. The molecule has 2 aromatic carbocycles. The number of carbonyl (C=O) groups excluding carboxylic acids is 3. The Morgan fingerprint density at radius 1 is 1.04 bits per heavy atom. The van der Waals surface area contributed by atoms with Crippen molar-refractivity contribution in [3.05, 3.63) is 58.6 Å². The van der Waals surface area contributed by atoms with Crippen molar-refractivity contribution in [3.8, 4) is 0 Å². The predicted molar refractivity (Wildman–Crippen MR) is 106 cm³/mol. The highest BCUT2D eigenvalue weighted by atomic mass is 35.5.